The van der Waals surface area contributed by atoms with Crippen LogP contribution in [-0.4, -0.2) is 52.0 Å². The van der Waals surface area contributed by atoms with Crippen LogP contribution in [-0.2, 0) is 9.53 Å². The Morgan fingerprint density at radius 3 is 2.45 bits per heavy atom. The van der Waals surface area contributed by atoms with Gasteiger partial charge in [-0.2, -0.15) is 0 Å². The molecule has 7 nitrogen and oxygen atoms in total. The molecule has 7 heteroatoms. The minimum atomic E-state index is -1.70. The van der Waals surface area contributed by atoms with E-state index in [0.29, 0.717) is 36.9 Å². The molecule has 0 amide bonds. The highest BCUT2D eigenvalue weighted by Gasteiger charge is 2.75. The van der Waals surface area contributed by atoms with Gasteiger partial charge in [-0.05, 0) is 49.3 Å². The van der Waals surface area contributed by atoms with E-state index in [9.17, 15) is 24.9 Å². The molecule has 0 saturated heterocycles. The van der Waals surface area contributed by atoms with Gasteiger partial charge in [0.1, 0.15) is 35.1 Å². The van der Waals surface area contributed by atoms with Crippen LogP contribution in [0.1, 0.15) is 56.0 Å². The predicted molar refractivity (Wildman–Crippen MR) is 112 cm³/mol. The van der Waals surface area contributed by atoms with E-state index < -0.39 is 28.7 Å². The molecule has 3 N–H and O–H groups in total. The average Bonchev–Trinajstić information content (AvgIpc) is 2.93. The molecule has 0 aliphatic heterocycles. The normalized spacial score (nSPS) is 37.7. The molecule has 2 fully saturated rings. The molecule has 5 atom stereocenters. The molecule has 3 aliphatic carbocycles. The summed E-state index contributed by atoms with van der Waals surface area (Å²) >= 11 is 0. The average molecular weight is 430 g/mol. The zero-order chi connectivity index (χ0) is 23.0. The molecule has 0 heterocycles. The van der Waals surface area contributed by atoms with Crippen molar-refractivity contribution in [3.05, 3.63) is 34.9 Å². The molecule has 2 saturated carbocycles. The van der Waals surface area contributed by atoms with E-state index in [-0.39, 0.29) is 28.2 Å². The van der Waals surface area contributed by atoms with E-state index in [2.05, 4.69) is 13.8 Å². The summed E-state index contributed by atoms with van der Waals surface area (Å²) in [6.07, 6.45) is 2.54. The molecular weight excluding hydrogens is 400 g/mol. The second-order valence-corrected chi connectivity index (χ2v) is 10.4. The third-order valence-corrected chi connectivity index (χ3v) is 7.79. The van der Waals surface area contributed by atoms with Gasteiger partial charge in [-0.3, -0.25) is 4.79 Å². The van der Waals surface area contributed by atoms with Crippen molar-refractivity contribution in [1.82, 2.24) is 0 Å². The highest BCUT2D eigenvalue weighted by Crippen LogP contribution is 2.69. The van der Waals surface area contributed by atoms with Crippen LogP contribution in [0.5, 0.6) is 11.5 Å². The van der Waals surface area contributed by atoms with Gasteiger partial charge < -0.3 is 24.8 Å². The number of hydrogen-bond donors (Lipinski definition) is 3. The number of rotatable bonds is 4. The minimum absolute atomic E-state index is 0.0102. The number of hydrogen-bond acceptors (Lipinski definition) is 7. The second kappa shape index (κ2) is 6.56. The molecule has 0 bridgehead atoms. The minimum Gasteiger partial charge on any atom is -0.507 e. The lowest BCUT2D eigenvalue weighted by molar-refractivity contribution is -0.261. The topological polar surface area (TPSA) is 113 Å². The molecule has 3 aliphatic rings. The Labute approximate surface area is 181 Å². The van der Waals surface area contributed by atoms with Gasteiger partial charge in [0.15, 0.2) is 0 Å². The lowest BCUT2D eigenvalue weighted by Gasteiger charge is -2.65. The molecule has 0 unspecified atom stereocenters. The number of esters is 1. The summed E-state index contributed by atoms with van der Waals surface area (Å²) in [5, 5.41) is 33.3. The van der Waals surface area contributed by atoms with Crippen molar-refractivity contribution in [2.24, 2.45) is 16.7 Å². The van der Waals surface area contributed by atoms with E-state index in [4.69, 9.17) is 9.47 Å². The van der Waals surface area contributed by atoms with E-state index >= 15 is 0 Å². The number of ether oxygens (including phenoxy) is 2. The summed E-state index contributed by atoms with van der Waals surface area (Å²) in [6.45, 7) is 7.62. The smallest absolute Gasteiger partial charge is 0.342 e. The number of methoxy groups -OCH3 is 1. The highest BCUT2D eigenvalue weighted by atomic mass is 16.6. The zero-order valence-electron chi connectivity index (χ0n) is 18.6. The lowest BCUT2D eigenvalue weighted by atomic mass is 9.43. The van der Waals surface area contributed by atoms with Gasteiger partial charge in [0.25, 0.3) is 0 Å². The summed E-state index contributed by atoms with van der Waals surface area (Å²) in [7, 11) is 1.46. The van der Waals surface area contributed by atoms with Gasteiger partial charge in [-0.1, -0.05) is 20.8 Å². The van der Waals surface area contributed by atoms with E-state index in [0.717, 1.165) is 0 Å². The van der Waals surface area contributed by atoms with Gasteiger partial charge in [-0.15, -0.1) is 0 Å². The largest absolute Gasteiger partial charge is 0.507 e. The number of aliphatic hydroxyl groups is 2. The van der Waals surface area contributed by atoms with Crippen LogP contribution in [0.25, 0.3) is 0 Å². The van der Waals surface area contributed by atoms with Crippen LogP contribution in [0.15, 0.2) is 23.8 Å². The number of benzene rings is 1. The van der Waals surface area contributed by atoms with E-state index in [1.165, 1.54) is 19.3 Å². The standard InChI is InChI=1S/C24H30O7/c1-13-6-15(30-5)7-16(26)19(13)20(27)31-18-10-22(4)17-9-21(2,3)12-23(17,28)8-14(11-25)24(18,22)29/h6-8,11,17-18,26,28-29H,9-10,12H2,1-5H3/t17-,18-,22-,23+,24+/m1/s1. The fourth-order valence-electron chi connectivity index (χ4n) is 6.41. The summed E-state index contributed by atoms with van der Waals surface area (Å²) < 4.78 is 10.7. The van der Waals surface area contributed by atoms with Gasteiger partial charge in [0, 0.05) is 23.0 Å². The first-order valence-electron chi connectivity index (χ1n) is 10.5. The fourth-order valence-corrected chi connectivity index (χ4v) is 6.41. The lowest BCUT2D eigenvalue weighted by Crippen LogP contribution is -2.75. The number of phenols is 1. The molecule has 4 rings (SSSR count). The number of phenolic OH excluding ortho intramolecular Hbond substituents is 1. The first-order chi connectivity index (χ1) is 14.3. The Hall–Kier alpha value is -2.38. The van der Waals surface area contributed by atoms with E-state index in [1.54, 1.807) is 13.0 Å². The predicted octanol–water partition coefficient (Wildman–Crippen LogP) is 2.68. The Morgan fingerprint density at radius 1 is 1.19 bits per heavy atom. The van der Waals surface area contributed by atoms with Crippen molar-refractivity contribution >= 4 is 12.3 Å². The van der Waals surface area contributed by atoms with Crippen molar-refractivity contribution in [1.29, 1.82) is 0 Å². The van der Waals surface area contributed by atoms with Gasteiger partial charge in [0.2, 0.25) is 0 Å². The second-order valence-electron chi connectivity index (χ2n) is 10.4. The number of aromatic hydroxyl groups is 1. The van der Waals surface area contributed by atoms with Crippen molar-refractivity contribution < 1.29 is 34.4 Å². The van der Waals surface area contributed by atoms with Crippen molar-refractivity contribution in [2.75, 3.05) is 7.11 Å². The fraction of sp³-hybridized carbons (Fsp3) is 0.583. The maximum Gasteiger partial charge on any atom is 0.342 e. The number of aryl methyl sites for hydroxylation is 1. The third kappa shape index (κ3) is 2.86. The molecule has 168 valence electrons. The van der Waals surface area contributed by atoms with Crippen LogP contribution >= 0.6 is 0 Å². The molecule has 31 heavy (non-hydrogen) atoms. The molecule has 0 spiro atoms. The summed E-state index contributed by atoms with van der Waals surface area (Å²) in [6, 6.07) is 2.93. The number of carbonyl (C=O) groups excluding carboxylic acids is 2. The van der Waals surface area contributed by atoms with Crippen molar-refractivity contribution in [3.8, 4) is 11.5 Å². The summed E-state index contributed by atoms with van der Waals surface area (Å²) in [5.74, 6) is -0.925. The highest BCUT2D eigenvalue weighted by molar-refractivity contribution is 5.94. The maximum atomic E-state index is 12.9. The summed E-state index contributed by atoms with van der Waals surface area (Å²) in [5.41, 5.74) is -3.33. The van der Waals surface area contributed by atoms with Crippen LogP contribution in [0.4, 0.5) is 0 Å². The van der Waals surface area contributed by atoms with Crippen LogP contribution < -0.4 is 4.74 Å². The van der Waals surface area contributed by atoms with Crippen LogP contribution in [0.3, 0.4) is 0 Å². The Morgan fingerprint density at radius 2 is 1.87 bits per heavy atom. The molecular formula is C24H30O7. The molecule has 0 aromatic heterocycles. The number of fused-ring (bicyclic) bond motifs is 3. The van der Waals surface area contributed by atoms with Crippen molar-refractivity contribution in [2.45, 2.75) is 64.3 Å². The Kier molecular flexibility index (Phi) is 4.62. The monoisotopic (exact) mass is 430 g/mol. The first kappa shape index (κ1) is 21.8. The molecule has 1 aromatic carbocycles. The SMILES string of the molecule is COc1cc(C)c(C(=O)O[C@@H]2C[C@]3(C)[C@H]4CC(C)(C)C[C@@]4(O)C=C(C=O)[C@]23O)c(O)c1. The zero-order valence-corrected chi connectivity index (χ0v) is 18.6. The Bertz CT molecular complexity index is 973. The van der Waals surface area contributed by atoms with Crippen LogP contribution in [0.2, 0.25) is 0 Å². The van der Waals surface area contributed by atoms with Crippen LogP contribution in [0, 0.1) is 23.7 Å². The van der Waals surface area contributed by atoms with Gasteiger partial charge in [0.05, 0.1) is 12.7 Å². The quantitative estimate of drug-likeness (QED) is 0.497. The van der Waals surface area contributed by atoms with Gasteiger partial charge >= 0.3 is 5.97 Å². The third-order valence-electron chi connectivity index (χ3n) is 7.79. The first-order valence-corrected chi connectivity index (χ1v) is 10.5. The summed E-state index contributed by atoms with van der Waals surface area (Å²) in [4.78, 5) is 24.8. The number of carbonyl (C=O) groups is 2. The maximum absolute atomic E-state index is 12.9. The Balaban J connectivity index is 1.67. The molecule has 1 aromatic rings. The van der Waals surface area contributed by atoms with Crippen molar-refractivity contribution in [3.63, 3.8) is 0 Å². The van der Waals surface area contributed by atoms with Gasteiger partial charge in [-0.25, -0.2) is 4.79 Å². The molecule has 0 radical (unpaired) electrons. The van der Waals surface area contributed by atoms with E-state index in [1.807, 2.05) is 6.92 Å². The number of aldehydes is 1.